The van der Waals surface area contributed by atoms with Gasteiger partial charge in [0.25, 0.3) is 5.91 Å². The average Bonchev–Trinajstić information content (AvgIpc) is 3.45. The summed E-state index contributed by atoms with van der Waals surface area (Å²) in [7, 11) is 0. The van der Waals surface area contributed by atoms with E-state index in [0.29, 0.717) is 31.1 Å². The van der Waals surface area contributed by atoms with Crippen molar-refractivity contribution >= 4 is 11.8 Å². The number of fused-ring (bicyclic) bond motifs is 1. The lowest BCUT2D eigenvalue weighted by atomic mass is 9.76. The van der Waals surface area contributed by atoms with E-state index in [1.54, 1.807) is 0 Å². The van der Waals surface area contributed by atoms with Crippen LogP contribution in [-0.4, -0.2) is 58.0 Å². The molecule has 30 heavy (non-hydrogen) atoms. The number of nitrogens with one attached hydrogen (secondary N) is 1. The molecule has 0 radical (unpaired) electrons. The van der Waals surface area contributed by atoms with Crippen LogP contribution in [0.2, 0.25) is 0 Å². The van der Waals surface area contributed by atoms with Crippen LogP contribution in [0.15, 0.2) is 36.4 Å². The molecule has 6 nitrogen and oxygen atoms in total. The van der Waals surface area contributed by atoms with E-state index >= 15 is 0 Å². The molecule has 1 N–H and O–H groups in total. The molecule has 4 rings (SSSR count). The van der Waals surface area contributed by atoms with E-state index in [4.69, 9.17) is 0 Å². The standard InChI is InChI=1S/C24H32N4O2/c1-3-8-20-13-21(26-25-20)23(30)28-15-19-14-27(22(29)4-2)16-24(19,17-28)12-11-18-9-6-5-7-10-18/h5-7,9-10,13,19H,3-4,8,11-12,14-17H2,1-2H3,(H,25,26)/t19-,24+/m1/s1. The molecule has 0 bridgehead atoms. The van der Waals surface area contributed by atoms with Crippen molar-refractivity contribution < 1.29 is 9.59 Å². The van der Waals surface area contributed by atoms with Gasteiger partial charge in [-0.15, -0.1) is 0 Å². The number of aromatic nitrogens is 2. The van der Waals surface area contributed by atoms with Crippen LogP contribution in [0.25, 0.3) is 0 Å². The molecule has 2 aromatic rings. The first-order valence-electron chi connectivity index (χ1n) is 11.2. The number of aromatic amines is 1. The SMILES string of the molecule is CCCc1cc(C(=O)N2C[C@H]3CN(C(=O)CC)C[C@@]3(CCc3ccccc3)C2)n[nH]1. The predicted molar refractivity (Wildman–Crippen MR) is 116 cm³/mol. The first kappa shape index (κ1) is 20.6. The molecule has 2 aliphatic heterocycles. The van der Waals surface area contributed by atoms with Crippen LogP contribution in [0.4, 0.5) is 0 Å². The molecular weight excluding hydrogens is 376 g/mol. The van der Waals surface area contributed by atoms with Crippen molar-refractivity contribution in [1.29, 1.82) is 0 Å². The van der Waals surface area contributed by atoms with Gasteiger partial charge in [0.1, 0.15) is 5.69 Å². The number of hydrogen-bond donors (Lipinski definition) is 1. The van der Waals surface area contributed by atoms with Crippen molar-refractivity contribution in [2.45, 2.75) is 46.0 Å². The maximum Gasteiger partial charge on any atom is 0.274 e. The number of carbonyl (C=O) groups excluding carboxylic acids is 2. The zero-order valence-electron chi connectivity index (χ0n) is 18.1. The summed E-state index contributed by atoms with van der Waals surface area (Å²) in [6.45, 7) is 6.96. The fourth-order valence-electron chi connectivity index (χ4n) is 5.17. The monoisotopic (exact) mass is 408 g/mol. The van der Waals surface area contributed by atoms with Crippen molar-refractivity contribution in [3.63, 3.8) is 0 Å². The zero-order valence-corrected chi connectivity index (χ0v) is 18.1. The van der Waals surface area contributed by atoms with E-state index in [1.807, 2.05) is 28.9 Å². The van der Waals surface area contributed by atoms with Gasteiger partial charge in [0.2, 0.25) is 5.91 Å². The topological polar surface area (TPSA) is 69.3 Å². The number of rotatable bonds is 7. The van der Waals surface area contributed by atoms with Crippen LogP contribution in [0.5, 0.6) is 0 Å². The first-order valence-corrected chi connectivity index (χ1v) is 11.2. The Morgan fingerprint density at radius 2 is 1.83 bits per heavy atom. The molecule has 0 saturated carbocycles. The number of aryl methyl sites for hydroxylation is 2. The number of carbonyl (C=O) groups is 2. The lowest BCUT2D eigenvalue weighted by Crippen LogP contribution is -2.39. The van der Waals surface area contributed by atoms with E-state index in [-0.39, 0.29) is 17.2 Å². The lowest BCUT2D eigenvalue weighted by molar-refractivity contribution is -0.130. The Morgan fingerprint density at radius 3 is 2.57 bits per heavy atom. The molecule has 2 aliphatic rings. The summed E-state index contributed by atoms with van der Waals surface area (Å²) in [5.74, 6) is 0.558. The van der Waals surface area contributed by atoms with Gasteiger partial charge in [-0.3, -0.25) is 14.7 Å². The number of nitrogens with zero attached hydrogens (tertiary/aromatic N) is 3. The zero-order chi connectivity index (χ0) is 21.1. The van der Waals surface area contributed by atoms with Gasteiger partial charge < -0.3 is 9.80 Å². The quantitative estimate of drug-likeness (QED) is 0.764. The van der Waals surface area contributed by atoms with Crippen LogP contribution < -0.4 is 0 Å². The van der Waals surface area contributed by atoms with Gasteiger partial charge in [-0.2, -0.15) is 5.10 Å². The maximum absolute atomic E-state index is 13.1. The Balaban J connectivity index is 1.51. The third kappa shape index (κ3) is 4.00. The van der Waals surface area contributed by atoms with Gasteiger partial charge in [0.05, 0.1) is 0 Å². The first-order chi connectivity index (χ1) is 14.5. The molecule has 2 saturated heterocycles. The van der Waals surface area contributed by atoms with Gasteiger partial charge in [0.15, 0.2) is 0 Å². The summed E-state index contributed by atoms with van der Waals surface area (Å²) in [6.07, 6.45) is 4.41. The van der Waals surface area contributed by atoms with E-state index in [1.165, 1.54) is 5.56 Å². The molecule has 1 aromatic carbocycles. The minimum atomic E-state index is -0.0289. The lowest BCUT2D eigenvalue weighted by Gasteiger charge is -2.29. The minimum absolute atomic E-state index is 0.00968. The number of benzene rings is 1. The van der Waals surface area contributed by atoms with E-state index < -0.39 is 0 Å². The Hall–Kier alpha value is -2.63. The fourth-order valence-corrected chi connectivity index (χ4v) is 5.17. The van der Waals surface area contributed by atoms with Gasteiger partial charge in [-0.25, -0.2) is 0 Å². The number of H-pyrrole nitrogens is 1. The van der Waals surface area contributed by atoms with Crippen LogP contribution in [0, 0.1) is 11.3 Å². The van der Waals surface area contributed by atoms with Crippen molar-refractivity contribution in [2.75, 3.05) is 26.2 Å². The van der Waals surface area contributed by atoms with Gasteiger partial charge in [0, 0.05) is 49.6 Å². The van der Waals surface area contributed by atoms with Crippen LogP contribution in [0.1, 0.15) is 54.9 Å². The van der Waals surface area contributed by atoms with Gasteiger partial charge >= 0.3 is 0 Å². The summed E-state index contributed by atoms with van der Waals surface area (Å²) in [6, 6.07) is 12.4. The molecular formula is C24H32N4O2. The highest BCUT2D eigenvalue weighted by Gasteiger charge is 2.53. The molecule has 0 unspecified atom stereocenters. The third-order valence-corrected chi connectivity index (χ3v) is 6.83. The van der Waals surface area contributed by atoms with Crippen molar-refractivity contribution in [3.05, 3.63) is 53.3 Å². The molecule has 160 valence electrons. The summed E-state index contributed by atoms with van der Waals surface area (Å²) >= 11 is 0. The fraction of sp³-hybridized carbons (Fsp3) is 0.542. The third-order valence-electron chi connectivity index (χ3n) is 6.83. The van der Waals surface area contributed by atoms with Crippen LogP contribution in [-0.2, 0) is 17.6 Å². The van der Waals surface area contributed by atoms with E-state index in [2.05, 4.69) is 41.4 Å². The highest BCUT2D eigenvalue weighted by atomic mass is 16.2. The van der Waals surface area contributed by atoms with Crippen LogP contribution in [0.3, 0.4) is 0 Å². The molecule has 1 aromatic heterocycles. The highest BCUT2D eigenvalue weighted by molar-refractivity contribution is 5.92. The number of likely N-dealkylation sites (tertiary alicyclic amines) is 2. The minimum Gasteiger partial charge on any atom is -0.342 e. The normalized spacial score (nSPS) is 23.1. The highest BCUT2D eigenvalue weighted by Crippen LogP contribution is 2.46. The Bertz CT molecular complexity index is 894. The Kier molecular flexibility index (Phi) is 5.93. The van der Waals surface area contributed by atoms with Crippen molar-refractivity contribution in [1.82, 2.24) is 20.0 Å². The molecule has 3 heterocycles. The Morgan fingerprint density at radius 1 is 1.10 bits per heavy atom. The maximum atomic E-state index is 13.1. The number of hydrogen-bond acceptors (Lipinski definition) is 3. The average molecular weight is 409 g/mol. The second kappa shape index (κ2) is 8.62. The molecule has 0 aliphatic carbocycles. The van der Waals surface area contributed by atoms with Crippen molar-refractivity contribution in [3.8, 4) is 0 Å². The molecule has 2 atom stereocenters. The smallest absolute Gasteiger partial charge is 0.274 e. The van der Waals surface area contributed by atoms with Gasteiger partial charge in [-0.1, -0.05) is 50.6 Å². The predicted octanol–water partition coefficient (Wildman–Crippen LogP) is 3.31. The van der Waals surface area contributed by atoms with Crippen molar-refractivity contribution in [2.24, 2.45) is 11.3 Å². The Labute approximate surface area is 178 Å². The van der Waals surface area contributed by atoms with E-state index in [9.17, 15) is 9.59 Å². The second-order valence-corrected chi connectivity index (χ2v) is 8.89. The summed E-state index contributed by atoms with van der Waals surface area (Å²) in [5, 5.41) is 7.26. The summed E-state index contributed by atoms with van der Waals surface area (Å²) in [4.78, 5) is 29.5. The largest absolute Gasteiger partial charge is 0.342 e. The molecule has 0 spiro atoms. The summed E-state index contributed by atoms with van der Waals surface area (Å²) < 4.78 is 0. The van der Waals surface area contributed by atoms with Gasteiger partial charge in [-0.05, 0) is 30.9 Å². The van der Waals surface area contributed by atoms with Crippen LogP contribution >= 0.6 is 0 Å². The number of amides is 2. The molecule has 2 amide bonds. The molecule has 6 heteroatoms. The van der Waals surface area contributed by atoms with E-state index in [0.717, 1.165) is 44.5 Å². The molecule has 2 fully saturated rings. The summed E-state index contributed by atoms with van der Waals surface area (Å²) in [5.41, 5.74) is 2.81. The second-order valence-electron chi connectivity index (χ2n) is 8.89.